The maximum Gasteiger partial charge on any atom is 0.251 e. The number of anilines is 1. The molecule has 3 N–H and O–H groups in total. The van der Waals surface area contributed by atoms with Crippen LogP contribution in [0.25, 0.3) is 0 Å². The first-order valence-corrected chi connectivity index (χ1v) is 7.20. The first-order chi connectivity index (χ1) is 8.58. The van der Waals surface area contributed by atoms with E-state index in [9.17, 15) is 4.79 Å². The molecule has 2 atom stereocenters. The van der Waals surface area contributed by atoms with Crippen molar-refractivity contribution in [1.82, 2.24) is 5.32 Å². The highest BCUT2D eigenvalue weighted by Crippen LogP contribution is 2.30. The SMILES string of the molecule is CC1CCCC1CNC(=O)c1ccc(N)c(Br)c1. The van der Waals surface area contributed by atoms with E-state index >= 15 is 0 Å². The Morgan fingerprint density at radius 2 is 2.28 bits per heavy atom. The molecule has 0 aliphatic heterocycles. The number of hydrogen-bond donors (Lipinski definition) is 2. The monoisotopic (exact) mass is 310 g/mol. The van der Waals surface area contributed by atoms with Gasteiger partial charge in [0.05, 0.1) is 0 Å². The summed E-state index contributed by atoms with van der Waals surface area (Å²) in [6.07, 6.45) is 3.80. The molecule has 1 saturated carbocycles. The number of halogens is 1. The van der Waals surface area contributed by atoms with Gasteiger partial charge in [0.15, 0.2) is 0 Å². The van der Waals surface area contributed by atoms with Gasteiger partial charge in [0.2, 0.25) is 0 Å². The molecule has 0 aromatic heterocycles. The molecule has 98 valence electrons. The van der Waals surface area contributed by atoms with Gasteiger partial charge in [0.25, 0.3) is 5.91 Å². The van der Waals surface area contributed by atoms with Gasteiger partial charge >= 0.3 is 0 Å². The lowest BCUT2D eigenvalue weighted by Crippen LogP contribution is -2.30. The van der Waals surface area contributed by atoms with Crippen LogP contribution < -0.4 is 11.1 Å². The Kier molecular flexibility index (Phi) is 4.27. The third-order valence-electron chi connectivity index (χ3n) is 3.83. The second-order valence-electron chi connectivity index (χ2n) is 5.11. The molecular formula is C14H19BrN2O. The normalized spacial score (nSPS) is 23.0. The number of amides is 1. The van der Waals surface area contributed by atoms with Crippen molar-refractivity contribution in [3.05, 3.63) is 28.2 Å². The zero-order chi connectivity index (χ0) is 13.1. The number of rotatable bonds is 3. The van der Waals surface area contributed by atoms with Gasteiger partial charge < -0.3 is 11.1 Å². The Hall–Kier alpha value is -1.03. The average Bonchev–Trinajstić information content (AvgIpc) is 2.75. The van der Waals surface area contributed by atoms with Crippen molar-refractivity contribution >= 4 is 27.5 Å². The maximum absolute atomic E-state index is 12.0. The van der Waals surface area contributed by atoms with E-state index in [1.807, 2.05) is 0 Å². The lowest BCUT2D eigenvalue weighted by Gasteiger charge is -2.16. The fraction of sp³-hybridized carbons (Fsp3) is 0.500. The van der Waals surface area contributed by atoms with Gasteiger partial charge in [-0.3, -0.25) is 4.79 Å². The van der Waals surface area contributed by atoms with Gasteiger partial charge in [-0.2, -0.15) is 0 Å². The predicted molar refractivity (Wildman–Crippen MR) is 77.4 cm³/mol. The number of carbonyl (C=O) groups excluding carboxylic acids is 1. The van der Waals surface area contributed by atoms with E-state index in [2.05, 4.69) is 28.2 Å². The van der Waals surface area contributed by atoms with Crippen LogP contribution in [0.5, 0.6) is 0 Å². The summed E-state index contributed by atoms with van der Waals surface area (Å²) in [6.45, 7) is 3.05. The number of nitrogen functional groups attached to an aromatic ring is 1. The fourth-order valence-electron chi connectivity index (χ4n) is 2.52. The van der Waals surface area contributed by atoms with Crippen LogP contribution in [-0.2, 0) is 0 Å². The lowest BCUT2D eigenvalue weighted by molar-refractivity contribution is 0.0944. The average molecular weight is 311 g/mol. The summed E-state index contributed by atoms with van der Waals surface area (Å²) in [7, 11) is 0. The zero-order valence-corrected chi connectivity index (χ0v) is 12.2. The van der Waals surface area contributed by atoms with E-state index < -0.39 is 0 Å². The molecule has 2 rings (SSSR count). The summed E-state index contributed by atoms with van der Waals surface area (Å²) in [4.78, 5) is 12.0. The zero-order valence-electron chi connectivity index (χ0n) is 10.6. The predicted octanol–water partition coefficient (Wildman–Crippen LogP) is 3.20. The van der Waals surface area contributed by atoms with Gasteiger partial charge in [-0.25, -0.2) is 0 Å². The molecule has 1 fully saturated rings. The molecule has 3 nitrogen and oxygen atoms in total. The van der Waals surface area contributed by atoms with Crippen LogP contribution in [0.2, 0.25) is 0 Å². The summed E-state index contributed by atoms with van der Waals surface area (Å²) in [6, 6.07) is 5.27. The Labute approximate surface area is 116 Å². The molecule has 1 aliphatic rings. The van der Waals surface area contributed by atoms with Crippen LogP contribution in [-0.4, -0.2) is 12.5 Å². The molecule has 18 heavy (non-hydrogen) atoms. The quantitative estimate of drug-likeness (QED) is 0.842. The molecule has 1 aromatic carbocycles. The van der Waals surface area contributed by atoms with Crippen molar-refractivity contribution in [2.24, 2.45) is 11.8 Å². The van der Waals surface area contributed by atoms with Crippen LogP contribution in [0, 0.1) is 11.8 Å². The standard InChI is InChI=1S/C14H19BrN2O/c1-9-3-2-4-11(9)8-17-14(18)10-5-6-13(16)12(15)7-10/h5-7,9,11H,2-4,8,16H2,1H3,(H,17,18). The largest absolute Gasteiger partial charge is 0.398 e. The van der Waals surface area contributed by atoms with Crippen LogP contribution >= 0.6 is 15.9 Å². The second-order valence-corrected chi connectivity index (χ2v) is 5.97. The highest BCUT2D eigenvalue weighted by Gasteiger charge is 2.23. The summed E-state index contributed by atoms with van der Waals surface area (Å²) in [5, 5.41) is 3.02. The lowest BCUT2D eigenvalue weighted by atomic mass is 9.98. The fourth-order valence-corrected chi connectivity index (χ4v) is 2.90. The molecule has 2 unspecified atom stereocenters. The number of nitrogens with one attached hydrogen (secondary N) is 1. The molecule has 4 heteroatoms. The summed E-state index contributed by atoms with van der Waals surface area (Å²) >= 11 is 3.34. The van der Waals surface area contributed by atoms with Crippen molar-refractivity contribution in [1.29, 1.82) is 0 Å². The van der Waals surface area contributed by atoms with Gasteiger partial charge in [-0.15, -0.1) is 0 Å². The Balaban J connectivity index is 1.93. The van der Waals surface area contributed by atoms with Crippen molar-refractivity contribution in [3.63, 3.8) is 0 Å². The highest BCUT2D eigenvalue weighted by molar-refractivity contribution is 9.10. The third-order valence-corrected chi connectivity index (χ3v) is 4.51. The Morgan fingerprint density at radius 1 is 1.50 bits per heavy atom. The van der Waals surface area contributed by atoms with E-state index in [-0.39, 0.29) is 5.91 Å². The second kappa shape index (κ2) is 5.74. The topological polar surface area (TPSA) is 55.1 Å². The molecule has 1 aliphatic carbocycles. The summed E-state index contributed by atoms with van der Waals surface area (Å²) in [5.74, 6) is 1.34. The first-order valence-electron chi connectivity index (χ1n) is 6.41. The number of carbonyl (C=O) groups is 1. The smallest absolute Gasteiger partial charge is 0.251 e. The Bertz CT molecular complexity index is 447. The molecular weight excluding hydrogens is 292 g/mol. The van der Waals surface area contributed by atoms with Crippen molar-refractivity contribution in [3.8, 4) is 0 Å². The molecule has 1 aromatic rings. The van der Waals surface area contributed by atoms with Gasteiger partial charge in [0, 0.05) is 22.3 Å². The van der Waals surface area contributed by atoms with Crippen molar-refractivity contribution in [2.75, 3.05) is 12.3 Å². The van der Waals surface area contributed by atoms with E-state index in [0.29, 0.717) is 17.2 Å². The molecule has 0 saturated heterocycles. The summed E-state index contributed by atoms with van der Waals surface area (Å²) < 4.78 is 0.768. The highest BCUT2D eigenvalue weighted by atomic mass is 79.9. The molecule has 0 radical (unpaired) electrons. The maximum atomic E-state index is 12.0. The minimum Gasteiger partial charge on any atom is -0.398 e. The minimum atomic E-state index is -0.0187. The summed E-state index contributed by atoms with van der Waals surface area (Å²) in [5.41, 5.74) is 7.01. The number of hydrogen-bond acceptors (Lipinski definition) is 2. The van der Waals surface area contributed by atoms with Gasteiger partial charge in [-0.05, 0) is 52.4 Å². The van der Waals surface area contributed by atoms with Crippen LogP contribution in [0.15, 0.2) is 22.7 Å². The van der Waals surface area contributed by atoms with Crippen LogP contribution in [0.4, 0.5) is 5.69 Å². The van der Waals surface area contributed by atoms with E-state index in [1.165, 1.54) is 19.3 Å². The van der Waals surface area contributed by atoms with E-state index in [1.54, 1.807) is 18.2 Å². The molecule has 0 spiro atoms. The van der Waals surface area contributed by atoms with Gasteiger partial charge in [-0.1, -0.05) is 19.8 Å². The number of benzene rings is 1. The van der Waals surface area contributed by atoms with Crippen LogP contribution in [0.1, 0.15) is 36.5 Å². The van der Waals surface area contributed by atoms with E-state index in [4.69, 9.17) is 5.73 Å². The molecule has 0 bridgehead atoms. The molecule has 1 amide bonds. The van der Waals surface area contributed by atoms with Gasteiger partial charge in [0.1, 0.15) is 0 Å². The first kappa shape index (κ1) is 13.4. The van der Waals surface area contributed by atoms with Crippen LogP contribution in [0.3, 0.4) is 0 Å². The third kappa shape index (κ3) is 3.05. The van der Waals surface area contributed by atoms with Crippen molar-refractivity contribution < 1.29 is 4.79 Å². The minimum absolute atomic E-state index is 0.0187. The molecule has 0 heterocycles. The number of nitrogens with two attached hydrogens (primary N) is 1. The Morgan fingerprint density at radius 3 is 2.89 bits per heavy atom. The van der Waals surface area contributed by atoms with Crippen molar-refractivity contribution in [2.45, 2.75) is 26.2 Å². The van der Waals surface area contributed by atoms with E-state index in [0.717, 1.165) is 16.9 Å².